The maximum Gasteiger partial charge on any atom is 0.268 e. The smallest absolute Gasteiger partial charge is 0.268 e. The molecule has 0 radical (unpaired) electrons. The summed E-state index contributed by atoms with van der Waals surface area (Å²) in [5.41, 5.74) is 2.10. The Kier molecular flexibility index (Phi) is 8.52. The summed E-state index contributed by atoms with van der Waals surface area (Å²) in [6.07, 6.45) is 3.47. The molecule has 25 heavy (non-hydrogen) atoms. The van der Waals surface area contributed by atoms with Gasteiger partial charge in [0.05, 0.1) is 20.4 Å². The molecule has 0 aliphatic carbocycles. The summed E-state index contributed by atoms with van der Waals surface area (Å²) in [7, 11) is 0. The Hall–Kier alpha value is 0.170. The highest BCUT2D eigenvalue weighted by Crippen LogP contribution is 2.68. The van der Waals surface area contributed by atoms with Crippen LogP contribution in [0.4, 0.5) is 0 Å². The Morgan fingerprint density at radius 2 is 1.64 bits per heavy atom. The molecule has 4 aromatic rings. The van der Waals surface area contributed by atoms with Gasteiger partial charge in [0.2, 0.25) is 0 Å². The van der Waals surface area contributed by atoms with Crippen LogP contribution in [0.5, 0.6) is 0 Å². The number of hydrogen-bond acceptors (Lipinski definition) is 5. The summed E-state index contributed by atoms with van der Waals surface area (Å²) in [6, 6.07) is 7.42. The lowest BCUT2D eigenvalue weighted by Gasteiger charge is -1.89. The second-order valence-electron chi connectivity index (χ2n) is 4.33. The van der Waals surface area contributed by atoms with E-state index in [1.807, 2.05) is 29.0 Å². The van der Waals surface area contributed by atoms with E-state index in [0.29, 0.717) is 0 Å². The van der Waals surface area contributed by atoms with Crippen LogP contribution in [0.25, 0.3) is 20.4 Å². The summed E-state index contributed by atoms with van der Waals surface area (Å²) >= 11 is 14.9. The van der Waals surface area contributed by atoms with Crippen molar-refractivity contribution in [2.75, 3.05) is 0 Å². The average molecular weight is 652 g/mol. The Bertz CT molecular complexity index is 1060. The Balaban J connectivity index is 0.000000144. The van der Waals surface area contributed by atoms with Crippen LogP contribution in [-0.4, -0.2) is 9.97 Å². The van der Waals surface area contributed by atoms with E-state index < -0.39 is 3.25 Å². The first-order chi connectivity index (χ1) is 11.8. The third-order valence-corrected chi connectivity index (χ3v) is 5.45. The number of aromatic amines is 1. The Morgan fingerprint density at radius 1 is 1.00 bits per heavy atom. The van der Waals surface area contributed by atoms with Gasteiger partial charge in [-0.15, -0.1) is 22.7 Å². The summed E-state index contributed by atoms with van der Waals surface area (Å²) in [4.78, 5) is 18.2. The van der Waals surface area contributed by atoms with Crippen LogP contribution in [0.1, 0.15) is 0 Å². The molecular weight excluding hydrogens is 643 g/mol. The zero-order chi connectivity index (χ0) is 18.4. The minimum atomic E-state index is -2.20. The zero-order valence-corrected chi connectivity index (χ0v) is 21.0. The minimum Gasteiger partial charge on any atom is -0.360 e. The second kappa shape index (κ2) is 9.92. The quantitative estimate of drug-likeness (QED) is 0.197. The molecule has 0 amide bonds. The van der Waals surface area contributed by atoms with Crippen molar-refractivity contribution in [2.45, 2.75) is 0 Å². The van der Waals surface area contributed by atoms with Gasteiger partial charge in [0.25, 0.3) is 3.25 Å². The molecule has 132 valence electrons. The number of hydrogen-bond donors (Lipinski definition) is 1. The molecule has 11 heteroatoms. The zero-order valence-electron chi connectivity index (χ0n) is 12.2. The van der Waals surface area contributed by atoms with E-state index in [2.05, 4.69) is 72.4 Å². The van der Waals surface area contributed by atoms with Gasteiger partial charge in [-0.2, -0.15) is 0 Å². The molecule has 0 aliphatic rings. The molecule has 4 nitrogen and oxygen atoms in total. The normalized spacial score (nSPS) is 10.7. The van der Waals surface area contributed by atoms with E-state index in [1.54, 1.807) is 29.8 Å². The summed E-state index contributed by atoms with van der Waals surface area (Å²) in [5, 5.41) is 3.95. The fourth-order valence-electron chi connectivity index (χ4n) is 1.74. The van der Waals surface area contributed by atoms with Gasteiger partial charge in [0.1, 0.15) is 0 Å². The third kappa shape index (κ3) is 7.36. The highest BCUT2D eigenvalue weighted by Gasteiger charge is 2.00. The van der Waals surface area contributed by atoms with E-state index in [1.165, 1.54) is 16.0 Å². The number of aromatic nitrogens is 2. The lowest BCUT2D eigenvalue weighted by molar-refractivity contribution is 0.603. The monoisotopic (exact) mass is 648 g/mol. The van der Waals surface area contributed by atoms with Crippen molar-refractivity contribution in [1.82, 2.24) is 9.97 Å². The van der Waals surface area contributed by atoms with Crippen molar-refractivity contribution in [1.29, 1.82) is 0 Å². The van der Waals surface area contributed by atoms with E-state index in [-0.39, 0.29) is 5.43 Å². The fraction of sp³-hybridized carbons (Fsp3) is 0. The van der Waals surface area contributed by atoms with Crippen molar-refractivity contribution >= 4 is 109 Å². The van der Waals surface area contributed by atoms with Gasteiger partial charge in [-0.3, -0.25) is 14.3 Å². The Morgan fingerprint density at radius 3 is 2.28 bits per heavy atom. The van der Waals surface area contributed by atoms with Crippen molar-refractivity contribution in [3.05, 3.63) is 62.1 Å². The van der Waals surface area contributed by atoms with Gasteiger partial charge >= 0.3 is 0 Å². The SMILES string of the molecule is Brc1ccnc2ccsc12.O=P(Br)(Br)Br.O=c1cc[nH]c2ccsc12. The number of fused-ring (bicyclic) bond motifs is 2. The summed E-state index contributed by atoms with van der Waals surface area (Å²) in [6.45, 7) is 0. The maximum atomic E-state index is 11.0. The van der Waals surface area contributed by atoms with Crippen LogP contribution in [0.2, 0.25) is 0 Å². The molecule has 0 atom stereocenters. The maximum absolute atomic E-state index is 11.0. The summed E-state index contributed by atoms with van der Waals surface area (Å²) < 4.78 is 10.9. The van der Waals surface area contributed by atoms with Gasteiger partial charge in [-0.25, -0.2) is 0 Å². The first-order valence-electron chi connectivity index (χ1n) is 6.47. The lowest BCUT2D eigenvalue weighted by Crippen LogP contribution is -1.95. The van der Waals surface area contributed by atoms with E-state index in [9.17, 15) is 9.36 Å². The lowest BCUT2D eigenvalue weighted by atomic mass is 10.4. The third-order valence-electron chi connectivity index (χ3n) is 2.66. The highest BCUT2D eigenvalue weighted by molar-refractivity contribution is 9.94. The Labute approximate surface area is 183 Å². The van der Waals surface area contributed by atoms with E-state index >= 15 is 0 Å². The van der Waals surface area contributed by atoms with Crippen LogP contribution in [0.15, 0.2) is 56.7 Å². The van der Waals surface area contributed by atoms with Crippen molar-refractivity contribution < 1.29 is 4.57 Å². The molecule has 0 saturated carbocycles. The summed E-state index contributed by atoms with van der Waals surface area (Å²) in [5.74, 6) is 0. The minimum absolute atomic E-state index is 0.101. The fourth-order valence-corrected chi connectivity index (χ4v) is 3.87. The van der Waals surface area contributed by atoms with E-state index in [4.69, 9.17) is 0 Å². The molecule has 0 spiro atoms. The molecular formula is C14H9Br4N2O2PS2. The molecule has 1 N–H and O–H groups in total. The van der Waals surface area contributed by atoms with Crippen LogP contribution in [0.3, 0.4) is 0 Å². The van der Waals surface area contributed by atoms with E-state index in [0.717, 1.165) is 20.2 Å². The van der Waals surface area contributed by atoms with Crippen molar-refractivity contribution in [3.8, 4) is 0 Å². The molecule has 4 rings (SSSR count). The number of thiophene rings is 2. The molecule has 0 unspecified atom stereocenters. The van der Waals surface area contributed by atoms with Gasteiger partial charge in [-0.05, 0) is 44.9 Å². The van der Waals surface area contributed by atoms with Crippen LogP contribution in [0, 0.1) is 0 Å². The largest absolute Gasteiger partial charge is 0.360 e. The predicted octanol–water partition coefficient (Wildman–Crippen LogP) is 7.93. The highest BCUT2D eigenvalue weighted by atomic mass is 80.0. The number of nitrogens with zero attached hydrogens (tertiary/aromatic N) is 1. The standard InChI is InChI=1S/C7H4BrNS.C7H5NOS.Br3OP/c8-5-1-3-9-6-2-4-10-7(5)6;9-6-1-3-8-5-2-4-10-7(5)6;1-5(2,3)4/h1-4H;1-4H,(H,8,9);. The van der Waals surface area contributed by atoms with Gasteiger partial charge < -0.3 is 4.98 Å². The number of nitrogens with one attached hydrogen (secondary N) is 1. The second-order valence-corrected chi connectivity index (χ2v) is 25.4. The molecule has 0 fully saturated rings. The molecule has 0 aromatic carbocycles. The average Bonchev–Trinajstić information content (AvgIpc) is 3.16. The van der Waals surface area contributed by atoms with Crippen molar-refractivity contribution in [2.24, 2.45) is 0 Å². The number of H-pyrrole nitrogens is 1. The van der Waals surface area contributed by atoms with Gasteiger partial charge in [-0.1, -0.05) is 0 Å². The number of pyridine rings is 2. The van der Waals surface area contributed by atoms with Crippen LogP contribution < -0.4 is 5.43 Å². The van der Waals surface area contributed by atoms with Crippen molar-refractivity contribution in [3.63, 3.8) is 0 Å². The van der Waals surface area contributed by atoms with Crippen LogP contribution >= 0.6 is 88.3 Å². The topological polar surface area (TPSA) is 62.8 Å². The molecule has 4 heterocycles. The molecule has 4 aromatic heterocycles. The van der Waals surface area contributed by atoms with Gasteiger partial charge in [0.15, 0.2) is 5.43 Å². The first-order valence-corrected chi connectivity index (χ1v) is 16.8. The van der Waals surface area contributed by atoms with Gasteiger partial charge in [0, 0.05) is 69.4 Å². The number of rotatable bonds is 0. The molecule has 0 bridgehead atoms. The molecule has 0 aliphatic heterocycles. The predicted molar refractivity (Wildman–Crippen MR) is 124 cm³/mol. The number of halogens is 4. The first kappa shape index (κ1) is 21.5. The molecule has 0 saturated heterocycles. The van der Waals surface area contributed by atoms with Crippen LogP contribution in [-0.2, 0) is 4.57 Å².